The lowest BCUT2D eigenvalue weighted by Crippen LogP contribution is -1.88. The fourth-order valence-electron chi connectivity index (χ4n) is 1.03. The van der Waals surface area contributed by atoms with Crippen molar-refractivity contribution >= 4 is 24.4 Å². The highest BCUT2D eigenvalue weighted by molar-refractivity contribution is 7.99. The van der Waals surface area contributed by atoms with Gasteiger partial charge in [0.05, 0.1) is 5.03 Å². The first-order chi connectivity index (χ1) is 5.72. The number of thioether (sulfide) groups is 1. The van der Waals surface area contributed by atoms with Crippen LogP contribution >= 0.6 is 24.4 Å². The molecule has 66 valence electrons. The Balaban J connectivity index is 2.72. The van der Waals surface area contributed by atoms with Gasteiger partial charge in [-0.2, -0.15) is 12.6 Å². The molecule has 0 unspecified atom stereocenters. The molecule has 1 heterocycles. The van der Waals surface area contributed by atoms with E-state index in [2.05, 4.69) is 36.7 Å². The van der Waals surface area contributed by atoms with Crippen LogP contribution < -0.4 is 0 Å². The number of nitrogens with zero attached hydrogens (tertiary/aromatic N) is 1. The van der Waals surface area contributed by atoms with Gasteiger partial charge in [-0.1, -0.05) is 0 Å². The lowest BCUT2D eigenvalue weighted by atomic mass is 10.3. The maximum absolute atomic E-state index is 4.40. The van der Waals surface area contributed by atoms with E-state index in [1.807, 2.05) is 6.92 Å². The van der Waals surface area contributed by atoms with Gasteiger partial charge in [0, 0.05) is 11.4 Å². The fourth-order valence-corrected chi connectivity index (χ4v) is 2.08. The molecule has 0 aliphatic carbocycles. The first kappa shape index (κ1) is 9.93. The fraction of sp³-hybridized carbons (Fsp3) is 0.444. The van der Waals surface area contributed by atoms with Crippen LogP contribution in [-0.2, 0) is 0 Å². The molecule has 1 rings (SSSR count). The monoisotopic (exact) mass is 199 g/mol. The first-order valence-corrected chi connectivity index (χ1v) is 5.53. The highest BCUT2D eigenvalue weighted by Gasteiger charge is 1.96. The predicted octanol–water partition coefficient (Wildman–Crippen LogP) is 2.72. The Hall–Kier alpha value is -0.150. The third-order valence-electron chi connectivity index (χ3n) is 1.42. The molecule has 0 bridgehead atoms. The van der Waals surface area contributed by atoms with E-state index in [1.54, 1.807) is 11.8 Å². The maximum Gasteiger partial charge on any atom is 0.0965 e. The molecule has 0 N–H and O–H groups in total. The summed E-state index contributed by atoms with van der Waals surface area (Å²) in [6.45, 7) is 4.12. The molecule has 0 radical (unpaired) electrons. The van der Waals surface area contributed by atoms with Gasteiger partial charge in [-0.05, 0) is 37.3 Å². The van der Waals surface area contributed by atoms with Gasteiger partial charge in [0.1, 0.15) is 0 Å². The van der Waals surface area contributed by atoms with Crippen molar-refractivity contribution in [2.75, 3.05) is 11.5 Å². The molecule has 0 fully saturated rings. The van der Waals surface area contributed by atoms with Crippen LogP contribution in [0.4, 0.5) is 0 Å². The van der Waals surface area contributed by atoms with Crippen LogP contribution in [0.2, 0.25) is 0 Å². The van der Waals surface area contributed by atoms with E-state index in [4.69, 9.17) is 0 Å². The highest BCUT2D eigenvalue weighted by atomic mass is 32.2. The number of hydrogen-bond acceptors (Lipinski definition) is 3. The molecular formula is C9H13NS2. The van der Waals surface area contributed by atoms with Crippen molar-refractivity contribution in [3.63, 3.8) is 0 Å². The van der Waals surface area contributed by atoms with Gasteiger partial charge in [-0.15, -0.1) is 11.8 Å². The Morgan fingerprint density at radius 3 is 2.75 bits per heavy atom. The van der Waals surface area contributed by atoms with Gasteiger partial charge in [0.15, 0.2) is 0 Å². The second kappa shape index (κ2) is 4.77. The van der Waals surface area contributed by atoms with Crippen LogP contribution in [0.15, 0.2) is 17.2 Å². The van der Waals surface area contributed by atoms with E-state index in [0.717, 1.165) is 22.2 Å². The third kappa shape index (κ3) is 3.07. The Morgan fingerprint density at radius 1 is 1.42 bits per heavy atom. The molecular weight excluding hydrogens is 186 g/mol. The quantitative estimate of drug-likeness (QED) is 0.594. The Bertz CT molecular complexity index is 240. The standard InChI is InChI=1S/C9H13NS2/c1-7-5-8(2)10-9(6-7)12-4-3-11/h5-6,11H,3-4H2,1-2H3. The van der Waals surface area contributed by atoms with Gasteiger partial charge in [-0.3, -0.25) is 0 Å². The van der Waals surface area contributed by atoms with Gasteiger partial charge in [0.2, 0.25) is 0 Å². The van der Waals surface area contributed by atoms with Gasteiger partial charge in [-0.25, -0.2) is 4.98 Å². The normalized spacial score (nSPS) is 10.2. The average Bonchev–Trinajstić information content (AvgIpc) is 1.99. The summed E-state index contributed by atoms with van der Waals surface area (Å²) in [6, 6.07) is 4.20. The molecule has 0 atom stereocenters. The zero-order valence-electron chi connectivity index (χ0n) is 7.37. The molecule has 0 saturated carbocycles. The smallest absolute Gasteiger partial charge is 0.0965 e. The highest BCUT2D eigenvalue weighted by Crippen LogP contribution is 2.17. The van der Waals surface area contributed by atoms with Crippen molar-refractivity contribution in [3.8, 4) is 0 Å². The molecule has 0 aromatic carbocycles. The molecule has 1 aromatic rings. The molecule has 1 aromatic heterocycles. The summed E-state index contributed by atoms with van der Waals surface area (Å²) < 4.78 is 0. The van der Waals surface area contributed by atoms with Crippen LogP contribution in [0.3, 0.4) is 0 Å². The lowest BCUT2D eigenvalue weighted by molar-refractivity contribution is 1.05. The average molecular weight is 199 g/mol. The minimum absolute atomic E-state index is 0.902. The predicted molar refractivity (Wildman–Crippen MR) is 58.3 cm³/mol. The number of hydrogen-bond donors (Lipinski definition) is 1. The Morgan fingerprint density at radius 2 is 2.17 bits per heavy atom. The molecule has 0 aliphatic rings. The molecule has 0 amide bonds. The van der Waals surface area contributed by atoms with E-state index >= 15 is 0 Å². The zero-order chi connectivity index (χ0) is 8.97. The number of thiol groups is 1. The Kier molecular flexibility index (Phi) is 3.95. The number of rotatable bonds is 3. The largest absolute Gasteiger partial charge is 0.247 e. The molecule has 12 heavy (non-hydrogen) atoms. The molecule has 3 heteroatoms. The third-order valence-corrected chi connectivity index (χ3v) is 2.85. The van der Waals surface area contributed by atoms with Gasteiger partial charge < -0.3 is 0 Å². The lowest BCUT2D eigenvalue weighted by Gasteiger charge is -2.01. The summed E-state index contributed by atoms with van der Waals surface area (Å²) in [5, 5.41) is 1.11. The summed E-state index contributed by atoms with van der Waals surface area (Å²) >= 11 is 5.92. The first-order valence-electron chi connectivity index (χ1n) is 3.91. The van der Waals surface area contributed by atoms with E-state index < -0.39 is 0 Å². The van der Waals surface area contributed by atoms with Crippen molar-refractivity contribution < 1.29 is 0 Å². The van der Waals surface area contributed by atoms with E-state index in [9.17, 15) is 0 Å². The van der Waals surface area contributed by atoms with Crippen molar-refractivity contribution in [1.29, 1.82) is 0 Å². The van der Waals surface area contributed by atoms with Crippen LogP contribution in [0.25, 0.3) is 0 Å². The summed E-state index contributed by atoms with van der Waals surface area (Å²) in [5.41, 5.74) is 2.38. The van der Waals surface area contributed by atoms with Crippen LogP contribution in [0.5, 0.6) is 0 Å². The van der Waals surface area contributed by atoms with Gasteiger partial charge >= 0.3 is 0 Å². The van der Waals surface area contributed by atoms with Crippen molar-refractivity contribution in [2.24, 2.45) is 0 Å². The van der Waals surface area contributed by atoms with Crippen LogP contribution in [0.1, 0.15) is 11.3 Å². The topological polar surface area (TPSA) is 12.9 Å². The number of pyridine rings is 1. The second-order valence-electron chi connectivity index (χ2n) is 2.70. The van der Waals surface area contributed by atoms with E-state index in [-0.39, 0.29) is 0 Å². The molecule has 1 nitrogen and oxygen atoms in total. The van der Waals surface area contributed by atoms with E-state index in [0.29, 0.717) is 0 Å². The number of aromatic nitrogens is 1. The molecule has 0 saturated heterocycles. The van der Waals surface area contributed by atoms with Crippen LogP contribution in [-0.4, -0.2) is 16.5 Å². The van der Waals surface area contributed by atoms with E-state index in [1.165, 1.54) is 5.56 Å². The second-order valence-corrected chi connectivity index (χ2v) is 4.26. The minimum atomic E-state index is 0.902. The Labute approximate surface area is 83.4 Å². The summed E-state index contributed by atoms with van der Waals surface area (Å²) in [6.07, 6.45) is 0. The zero-order valence-corrected chi connectivity index (χ0v) is 9.08. The summed E-state index contributed by atoms with van der Waals surface area (Å²) in [7, 11) is 0. The number of aryl methyl sites for hydroxylation is 2. The van der Waals surface area contributed by atoms with Crippen molar-refractivity contribution in [2.45, 2.75) is 18.9 Å². The van der Waals surface area contributed by atoms with Crippen molar-refractivity contribution in [3.05, 3.63) is 23.4 Å². The SMILES string of the molecule is Cc1cc(C)nc(SCCS)c1. The van der Waals surface area contributed by atoms with Crippen molar-refractivity contribution in [1.82, 2.24) is 4.98 Å². The maximum atomic E-state index is 4.40. The van der Waals surface area contributed by atoms with Crippen LogP contribution in [0, 0.1) is 13.8 Å². The summed E-state index contributed by atoms with van der Waals surface area (Å²) in [4.78, 5) is 4.40. The molecule has 0 aliphatic heterocycles. The van der Waals surface area contributed by atoms with Gasteiger partial charge in [0.25, 0.3) is 0 Å². The minimum Gasteiger partial charge on any atom is -0.247 e. The molecule has 0 spiro atoms. The summed E-state index contributed by atoms with van der Waals surface area (Å²) in [5.74, 6) is 1.93.